The lowest BCUT2D eigenvalue weighted by atomic mass is 9.72. The fourth-order valence-electron chi connectivity index (χ4n) is 5.13. The van der Waals surface area contributed by atoms with Crippen LogP contribution in [0.2, 0.25) is 0 Å². The highest BCUT2D eigenvalue weighted by Gasteiger charge is 2.33. The third-order valence-corrected chi connectivity index (χ3v) is 9.21. The minimum absolute atomic E-state index is 0.145. The Bertz CT molecular complexity index is 1310. The van der Waals surface area contributed by atoms with Gasteiger partial charge in [0.15, 0.2) is 0 Å². The van der Waals surface area contributed by atoms with Crippen LogP contribution in [0.4, 0.5) is 5.00 Å². The molecule has 1 atom stereocenters. The molecule has 0 fully saturated rings. The number of ether oxygens (including phenoxy) is 1. The summed E-state index contributed by atoms with van der Waals surface area (Å²) in [6, 6.07) is 6.22. The Morgan fingerprint density at radius 3 is 2.50 bits per heavy atom. The lowest BCUT2D eigenvalue weighted by Gasteiger charge is -2.34. The van der Waals surface area contributed by atoms with E-state index in [9.17, 15) is 9.59 Å². The normalized spacial score (nSPS) is 15.6. The van der Waals surface area contributed by atoms with Crippen LogP contribution in [0, 0.1) is 32.1 Å². The number of hydrogen-bond acceptors (Lipinski definition) is 5. The van der Waals surface area contributed by atoms with E-state index in [1.165, 1.54) is 27.3 Å². The number of rotatable bonds is 5. The summed E-state index contributed by atoms with van der Waals surface area (Å²) < 4.78 is 5.64. The predicted octanol–water partition coefficient (Wildman–Crippen LogP) is 8.37. The van der Waals surface area contributed by atoms with Gasteiger partial charge in [-0.05, 0) is 81.9 Å². The summed E-state index contributed by atoms with van der Waals surface area (Å²) >= 11 is 3.13. The minimum Gasteiger partial charge on any atom is -0.459 e. The molecular weight excluding hydrogens is 486 g/mol. The molecule has 2 aromatic heterocycles. The maximum absolute atomic E-state index is 13.5. The number of thiophene rings is 2. The van der Waals surface area contributed by atoms with Crippen LogP contribution < -0.4 is 5.32 Å². The molecule has 0 radical (unpaired) electrons. The summed E-state index contributed by atoms with van der Waals surface area (Å²) in [5.41, 5.74) is 6.72. The Hall–Kier alpha value is -2.44. The number of esters is 1. The van der Waals surface area contributed by atoms with Gasteiger partial charge in [0.05, 0.1) is 11.7 Å². The van der Waals surface area contributed by atoms with Crippen molar-refractivity contribution in [1.82, 2.24) is 0 Å². The minimum atomic E-state index is -0.403. The van der Waals surface area contributed by atoms with E-state index in [1.54, 1.807) is 11.3 Å². The van der Waals surface area contributed by atoms with Gasteiger partial charge >= 0.3 is 5.97 Å². The van der Waals surface area contributed by atoms with Crippen molar-refractivity contribution in [2.75, 3.05) is 5.32 Å². The zero-order valence-corrected chi connectivity index (χ0v) is 24.3. The van der Waals surface area contributed by atoms with Crippen molar-refractivity contribution in [1.29, 1.82) is 0 Å². The van der Waals surface area contributed by atoms with E-state index in [0.29, 0.717) is 16.5 Å². The van der Waals surface area contributed by atoms with Crippen LogP contribution >= 0.6 is 22.7 Å². The van der Waals surface area contributed by atoms with Crippen molar-refractivity contribution in [2.45, 2.75) is 80.8 Å². The SMILES string of the molecule is Cc1ccc(-c2c(C)sc(NC(=O)c3csc4c3CC[C@H](C(C)(C)C)C4)c2C(=O)OC(C)C)c(C)c1. The first-order valence-corrected chi connectivity index (χ1v) is 14.4. The molecule has 36 heavy (non-hydrogen) atoms. The Morgan fingerprint density at radius 1 is 1.14 bits per heavy atom. The first-order chi connectivity index (χ1) is 16.9. The molecule has 1 amide bonds. The molecule has 3 aromatic rings. The fourth-order valence-corrected chi connectivity index (χ4v) is 7.34. The van der Waals surface area contributed by atoms with Crippen LogP contribution in [0.3, 0.4) is 0 Å². The predicted molar refractivity (Wildman–Crippen MR) is 152 cm³/mol. The van der Waals surface area contributed by atoms with Crippen LogP contribution in [-0.4, -0.2) is 18.0 Å². The maximum atomic E-state index is 13.5. The molecule has 4 rings (SSSR count). The number of carbonyl (C=O) groups is 2. The molecule has 1 N–H and O–H groups in total. The van der Waals surface area contributed by atoms with Gasteiger partial charge in [-0.25, -0.2) is 4.79 Å². The van der Waals surface area contributed by atoms with Gasteiger partial charge < -0.3 is 10.1 Å². The van der Waals surface area contributed by atoms with Crippen LogP contribution in [0.1, 0.15) is 88.2 Å². The molecular formula is C30H37NO3S2. The monoisotopic (exact) mass is 523 g/mol. The van der Waals surface area contributed by atoms with E-state index in [2.05, 4.69) is 58.1 Å². The third-order valence-electron chi connectivity index (χ3n) is 7.13. The molecule has 0 spiro atoms. The lowest BCUT2D eigenvalue weighted by molar-refractivity contribution is 0.0380. The second-order valence-corrected chi connectivity index (χ2v) is 13.5. The number of amides is 1. The first kappa shape index (κ1) is 26.6. The Labute approximate surface area is 223 Å². The average Bonchev–Trinajstić information content (AvgIpc) is 3.33. The zero-order valence-electron chi connectivity index (χ0n) is 22.6. The molecule has 1 aliphatic carbocycles. The van der Waals surface area contributed by atoms with Gasteiger partial charge in [0.25, 0.3) is 5.91 Å². The molecule has 1 aromatic carbocycles. The second kappa shape index (κ2) is 10.1. The first-order valence-electron chi connectivity index (χ1n) is 12.7. The van der Waals surface area contributed by atoms with Crippen molar-refractivity contribution < 1.29 is 14.3 Å². The van der Waals surface area contributed by atoms with Crippen molar-refractivity contribution in [3.63, 3.8) is 0 Å². The third kappa shape index (κ3) is 5.30. The van der Waals surface area contributed by atoms with Crippen LogP contribution in [-0.2, 0) is 17.6 Å². The highest BCUT2D eigenvalue weighted by Crippen LogP contribution is 2.43. The van der Waals surface area contributed by atoms with Gasteiger partial charge in [0, 0.05) is 20.7 Å². The molecule has 1 aliphatic rings. The maximum Gasteiger partial charge on any atom is 0.342 e. The van der Waals surface area contributed by atoms with Gasteiger partial charge in [-0.1, -0.05) is 44.5 Å². The van der Waals surface area contributed by atoms with Gasteiger partial charge in [0.1, 0.15) is 10.6 Å². The van der Waals surface area contributed by atoms with E-state index in [-0.39, 0.29) is 17.4 Å². The second-order valence-electron chi connectivity index (χ2n) is 11.3. The number of aryl methyl sites for hydroxylation is 3. The smallest absolute Gasteiger partial charge is 0.342 e. The number of anilines is 1. The molecule has 192 valence electrons. The number of benzene rings is 1. The van der Waals surface area contributed by atoms with E-state index in [4.69, 9.17) is 4.74 Å². The van der Waals surface area contributed by atoms with E-state index < -0.39 is 5.97 Å². The highest BCUT2D eigenvalue weighted by atomic mass is 32.1. The Morgan fingerprint density at radius 2 is 1.86 bits per heavy atom. The number of fused-ring (bicyclic) bond motifs is 1. The summed E-state index contributed by atoms with van der Waals surface area (Å²) in [5, 5.41) is 5.65. The van der Waals surface area contributed by atoms with Gasteiger partial charge in [-0.15, -0.1) is 22.7 Å². The van der Waals surface area contributed by atoms with Crippen molar-refractivity contribution in [3.8, 4) is 11.1 Å². The van der Waals surface area contributed by atoms with Gasteiger partial charge in [-0.3, -0.25) is 4.79 Å². The van der Waals surface area contributed by atoms with Crippen LogP contribution in [0.5, 0.6) is 0 Å². The van der Waals surface area contributed by atoms with Crippen molar-refractivity contribution >= 4 is 39.6 Å². The van der Waals surface area contributed by atoms with Crippen molar-refractivity contribution in [3.05, 3.63) is 61.2 Å². The topological polar surface area (TPSA) is 55.4 Å². The summed E-state index contributed by atoms with van der Waals surface area (Å²) in [6.07, 6.45) is 2.78. The average molecular weight is 524 g/mol. The van der Waals surface area contributed by atoms with E-state index in [1.807, 2.05) is 26.2 Å². The summed E-state index contributed by atoms with van der Waals surface area (Å²) in [4.78, 5) is 29.2. The summed E-state index contributed by atoms with van der Waals surface area (Å²) in [7, 11) is 0. The quantitative estimate of drug-likeness (QED) is 0.342. The summed E-state index contributed by atoms with van der Waals surface area (Å²) in [5.74, 6) is 0.0749. The lowest BCUT2D eigenvalue weighted by Crippen LogP contribution is -2.27. The summed E-state index contributed by atoms with van der Waals surface area (Å²) in [6.45, 7) is 16.7. The van der Waals surface area contributed by atoms with Gasteiger partial charge in [-0.2, -0.15) is 0 Å². The molecule has 0 unspecified atom stereocenters. The Kier molecular flexibility index (Phi) is 7.50. The highest BCUT2D eigenvalue weighted by molar-refractivity contribution is 7.17. The Balaban J connectivity index is 1.71. The molecule has 6 heteroatoms. The van der Waals surface area contributed by atoms with Crippen LogP contribution in [0.15, 0.2) is 23.6 Å². The number of carbonyl (C=O) groups excluding carboxylic acids is 2. The molecule has 0 aliphatic heterocycles. The van der Waals surface area contributed by atoms with E-state index >= 15 is 0 Å². The standard InChI is InChI=1S/C30H37NO3S2/c1-16(2)34-29(33)26-25(21-11-9-17(3)13-18(21)4)19(5)36-28(26)31-27(32)23-15-35-24-14-20(30(6,7)8)10-12-22(23)24/h9,11,13,15-16,20H,10,12,14H2,1-8H3,(H,31,32)/t20-/m0/s1. The molecule has 4 nitrogen and oxygen atoms in total. The molecule has 0 saturated carbocycles. The largest absolute Gasteiger partial charge is 0.459 e. The zero-order chi connectivity index (χ0) is 26.4. The number of nitrogens with one attached hydrogen (secondary N) is 1. The molecule has 2 heterocycles. The fraction of sp³-hybridized carbons (Fsp3) is 0.467. The molecule has 0 saturated heterocycles. The van der Waals surface area contributed by atoms with Crippen molar-refractivity contribution in [2.24, 2.45) is 11.3 Å². The van der Waals surface area contributed by atoms with Gasteiger partial charge in [0.2, 0.25) is 0 Å². The van der Waals surface area contributed by atoms with Crippen LogP contribution in [0.25, 0.3) is 11.1 Å². The molecule has 0 bridgehead atoms. The number of hydrogen-bond donors (Lipinski definition) is 1. The van der Waals surface area contributed by atoms with E-state index in [0.717, 1.165) is 46.4 Å².